The third kappa shape index (κ3) is 5.77. The molecule has 0 saturated carbocycles. The topological polar surface area (TPSA) is 97.8 Å². The van der Waals surface area contributed by atoms with E-state index in [0.29, 0.717) is 53.6 Å². The Morgan fingerprint density at radius 1 is 1.24 bits per heavy atom. The van der Waals surface area contributed by atoms with Crippen LogP contribution in [0.1, 0.15) is 19.3 Å². The third-order valence-corrected chi connectivity index (χ3v) is 7.43. The Morgan fingerprint density at radius 2 is 2.05 bits per heavy atom. The van der Waals surface area contributed by atoms with Gasteiger partial charge in [-0.05, 0) is 44.0 Å². The van der Waals surface area contributed by atoms with Crippen LogP contribution >= 0.6 is 11.6 Å². The Morgan fingerprint density at radius 3 is 2.84 bits per heavy atom. The van der Waals surface area contributed by atoms with E-state index in [1.165, 1.54) is 12.4 Å². The van der Waals surface area contributed by atoms with Crippen molar-refractivity contribution in [3.8, 4) is 11.5 Å². The number of methoxy groups -OCH3 is 1. The number of likely N-dealkylation sites (N-methyl/N-ethyl adjacent to an activating group) is 1. The number of nitrogens with zero attached hydrogens (tertiary/aromatic N) is 3. The van der Waals surface area contributed by atoms with E-state index >= 15 is 0 Å². The van der Waals surface area contributed by atoms with Gasteiger partial charge in [0.1, 0.15) is 18.2 Å². The number of anilines is 2. The van der Waals surface area contributed by atoms with Crippen molar-refractivity contribution >= 4 is 39.9 Å². The van der Waals surface area contributed by atoms with Gasteiger partial charge >= 0.3 is 0 Å². The van der Waals surface area contributed by atoms with E-state index in [1.807, 2.05) is 11.9 Å². The average molecular weight is 544 g/mol. The monoisotopic (exact) mass is 543 g/mol. The summed E-state index contributed by atoms with van der Waals surface area (Å²) in [4.78, 5) is 23.6. The molecule has 2 N–H and O–H groups in total. The molecule has 0 unspecified atom stereocenters. The lowest BCUT2D eigenvalue weighted by Crippen LogP contribution is -2.43. The smallest absolute Gasteiger partial charge is 0.237 e. The summed E-state index contributed by atoms with van der Waals surface area (Å²) in [5, 5.41) is 6.76. The number of halogens is 2. The van der Waals surface area contributed by atoms with Crippen LogP contribution in [0.2, 0.25) is 5.02 Å². The second-order valence-electron chi connectivity index (χ2n) is 9.70. The summed E-state index contributed by atoms with van der Waals surface area (Å²) in [5.74, 6) is 1.30. The number of benzene rings is 2. The summed E-state index contributed by atoms with van der Waals surface area (Å²) in [5.41, 5.74) is 0.797. The van der Waals surface area contributed by atoms with Crippen molar-refractivity contribution in [2.75, 3.05) is 45.8 Å². The van der Waals surface area contributed by atoms with Crippen molar-refractivity contribution in [1.29, 1.82) is 0 Å². The number of nitrogens with one attached hydrogen (secondary N) is 2. The fraction of sp³-hybridized carbons (Fsp3) is 0.444. The maximum Gasteiger partial charge on any atom is 0.237 e. The van der Waals surface area contributed by atoms with Crippen molar-refractivity contribution in [1.82, 2.24) is 20.2 Å². The number of hydrogen-bond donors (Lipinski definition) is 2. The van der Waals surface area contributed by atoms with Crippen molar-refractivity contribution in [2.45, 2.75) is 31.4 Å². The Balaban J connectivity index is 1.32. The van der Waals surface area contributed by atoms with Crippen molar-refractivity contribution in [3.05, 3.63) is 47.5 Å². The molecule has 1 aromatic heterocycles. The lowest BCUT2D eigenvalue weighted by atomic mass is 10.0. The minimum atomic E-state index is -0.568. The first-order valence-corrected chi connectivity index (χ1v) is 13.1. The summed E-state index contributed by atoms with van der Waals surface area (Å²) in [7, 11) is 3.48. The van der Waals surface area contributed by atoms with Gasteiger partial charge in [-0.15, -0.1) is 0 Å². The van der Waals surface area contributed by atoms with Crippen LogP contribution in [0.25, 0.3) is 10.9 Å². The Hall–Kier alpha value is -3.21. The molecule has 0 bridgehead atoms. The van der Waals surface area contributed by atoms with E-state index in [1.54, 1.807) is 31.4 Å². The van der Waals surface area contributed by atoms with Crippen LogP contribution in [-0.4, -0.2) is 73.4 Å². The van der Waals surface area contributed by atoms with E-state index in [-0.39, 0.29) is 28.8 Å². The highest BCUT2D eigenvalue weighted by Crippen LogP contribution is 2.37. The molecule has 0 spiro atoms. The minimum Gasteiger partial charge on any atom is -0.493 e. The number of likely N-dealkylation sites (tertiary alicyclic amines) is 1. The number of aromatic nitrogens is 2. The number of carbonyl (C=O) groups is 1. The highest BCUT2D eigenvalue weighted by atomic mass is 35.5. The quantitative estimate of drug-likeness (QED) is 0.437. The second kappa shape index (κ2) is 11.7. The minimum absolute atomic E-state index is 0.00996. The number of amides is 1. The van der Waals surface area contributed by atoms with E-state index in [2.05, 4.69) is 20.6 Å². The molecule has 2 aliphatic rings. The molecule has 2 saturated heterocycles. The highest BCUT2D eigenvalue weighted by Gasteiger charge is 2.36. The Kier molecular flexibility index (Phi) is 8.11. The van der Waals surface area contributed by atoms with Gasteiger partial charge in [-0.1, -0.05) is 17.7 Å². The first kappa shape index (κ1) is 26.4. The van der Waals surface area contributed by atoms with Crippen LogP contribution in [0.4, 0.5) is 15.9 Å². The predicted molar refractivity (Wildman–Crippen MR) is 143 cm³/mol. The number of ether oxygens (including phenoxy) is 3. The van der Waals surface area contributed by atoms with Crippen LogP contribution < -0.4 is 20.1 Å². The maximum absolute atomic E-state index is 14.5. The van der Waals surface area contributed by atoms with Crippen LogP contribution in [0.15, 0.2) is 36.7 Å². The molecular formula is C27H31ClFN5O4. The standard InChI is InChI=1S/C27H31ClFN5O4/c1-34-14-17(10-22(34)27(35)30-13-16-6-8-37-9-7-16)38-24-11-18-21(12-23(24)36-2)31-15-32-26(18)33-20-5-3-4-19(28)25(20)29/h3-5,11-12,15-17,22H,6-10,13-14H2,1-2H3,(H,30,35)(H,31,32,33)/t17-,22+/m0/s1. The zero-order valence-electron chi connectivity index (χ0n) is 21.4. The van der Waals surface area contributed by atoms with E-state index in [0.717, 1.165) is 26.1 Å². The number of rotatable bonds is 8. The average Bonchev–Trinajstić information content (AvgIpc) is 3.30. The Labute approximate surface area is 225 Å². The van der Waals surface area contributed by atoms with Gasteiger partial charge in [-0.25, -0.2) is 14.4 Å². The summed E-state index contributed by atoms with van der Waals surface area (Å²) >= 11 is 5.94. The van der Waals surface area contributed by atoms with Gasteiger partial charge in [0, 0.05) is 44.2 Å². The van der Waals surface area contributed by atoms with Crippen LogP contribution in [0.5, 0.6) is 11.5 Å². The van der Waals surface area contributed by atoms with Gasteiger partial charge in [-0.2, -0.15) is 0 Å². The van der Waals surface area contributed by atoms with Crippen molar-refractivity contribution < 1.29 is 23.4 Å². The molecule has 0 aliphatic carbocycles. The molecule has 11 heteroatoms. The second-order valence-corrected chi connectivity index (χ2v) is 10.1. The number of carbonyl (C=O) groups excluding carboxylic acids is 1. The van der Waals surface area contributed by atoms with Crippen LogP contribution in [0, 0.1) is 11.7 Å². The lowest BCUT2D eigenvalue weighted by Gasteiger charge is -2.24. The molecule has 2 aromatic carbocycles. The number of hydrogen-bond acceptors (Lipinski definition) is 8. The molecule has 1 amide bonds. The van der Waals surface area contributed by atoms with Gasteiger partial charge in [0.2, 0.25) is 5.91 Å². The summed E-state index contributed by atoms with van der Waals surface area (Å²) in [6.45, 7) is 2.76. The molecule has 2 atom stereocenters. The molecule has 2 aliphatic heterocycles. The molecule has 38 heavy (non-hydrogen) atoms. The maximum atomic E-state index is 14.5. The zero-order valence-corrected chi connectivity index (χ0v) is 22.1. The summed E-state index contributed by atoms with van der Waals surface area (Å²) in [6.07, 6.45) is 3.65. The molecule has 3 heterocycles. The molecule has 2 fully saturated rings. The largest absolute Gasteiger partial charge is 0.493 e. The van der Waals surface area contributed by atoms with Crippen LogP contribution in [0.3, 0.4) is 0 Å². The van der Waals surface area contributed by atoms with Gasteiger partial charge in [0.05, 0.1) is 29.4 Å². The zero-order chi connectivity index (χ0) is 26.6. The number of fused-ring (bicyclic) bond motifs is 1. The summed E-state index contributed by atoms with van der Waals surface area (Å²) < 4.78 is 31.9. The van der Waals surface area contributed by atoms with E-state index < -0.39 is 5.82 Å². The molecule has 5 rings (SSSR count). The van der Waals surface area contributed by atoms with Gasteiger partial charge < -0.3 is 24.8 Å². The summed E-state index contributed by atoms with van der Waals surface area (Å²) in [6, 6.07) is 7.96. The molecule has 0 radical (unpaired) electrons. The van der Waals surface area contributed by atoms with E-state index in [9.17, 15) is 9.18 Å². The van der Waals surface area contributed by atoms with Crippen molar-refractivity contribution in [2.24, 2.45) is 5.92 Å². The molecule has 9 nitrogen and oxygen atoms in total. The fourth-order valence-corrected chi connectivity index (χ4v) is 5.16. The lowest BCUT2D eigenvalue weighted by molar-refractivity contribution is -0.125. The molecule has 3 aromatic rings. The van der Waals surface area contributed by atoms with Crippen LogP contribution in [-0.2, 0) is 9.53 Å². The molecule has 202 valence electrons. The fourth-order valence-electron chi connectivity index (χ4n) is 4.98. The van der Waals surface area contributed by atoms with E-state index in [4.69, 9.17) is 25.8 Å². The molecular weight excluding hydrogens is 513 g/mol. The van der Waals surface area contributed by atoms with Gasteiger partial charge in [0.15, 0.2) is 17.3 Å². The SMILES string of the molecule is COc1cc2ncnc(Nc3cccc(Cl)c3F)c2cc1O[C@H]1C[C@H](C(=O)NCC2CCOCC2)N(C)C1. The first-order valence-electron chi connectivity index (χ1n) is 12.7. The van der Waals surface area contributed by atoms with Crippen molar-refractivity contribution in [3.63, 3.8) is 0 Å². The third-order valence-electron chi connectivity index (χ3n) is 7.14. The predicted octanol–water partition coefficient (Wildman–Crippen LogP) is 4.17. The Bertz CT molecular complexity index is 1310. The highest BCUT2D eigenvalue weighted by molar-refractivity contribution is 6.31. The normalized spacial score (nSPS) is 20.4. The first-order chi connectivity index (χ1) is 18.4. The van der Waals surface area contributed by atoms with Gasteiger partial charge in [-0.3, -0.25) is 9.69 Å². The van der Waals surface area contributed by atoms with Gasteiger partial charge in [0.25, 0.3) is 0 Å².